The quantitative estimate of drug-likeness (QED) is 0.482. The average molecular weight is 388 g/mol. The Morgan fingerprint density at radius 3 is 1.55 bits per heavy atom. The monoisotopic (exact) mass is 388 g/mol. The molecule has 5 nitrogen and oxygen atoms in total. The molecule has 0 unspecified atom stereocenters. The molecule has 3 N–H and O–H groups in total. The molecule has 0 fully saturated rings. The van der Waals surface area contributed by atoms with E-state index < -0.39 is 17.6 Å². The van der Waals surface area contributed by atoms with E-state index in [1.165, 1.54) is 7.11 Å². The second-order valence-electron chi connectivity index (χ2n) is 6.73. The molecule has 3 aromatic carbocycles. The first-order chi connectivity index (χ1) is 14.1. The van der Waals surface area contributed by atoms with Crippen LogP contribution in [-0.4, -0.2) is 25.0 Å². The summed E-state index contributed by atoms with van der Waals surface area (Å²) in [5.41, 5.74) is 7.60. The van der Waals surface area contributed by atoms with E-state index in [1.54, 1.807) is 0 Å². The fraction of sp³-hybridized carbons (Fsp3) is 0.167. The van der Waals surface area contributed by atoms with Crippen LogP contribution in [0.1, 0.15) is 23.1 Å². The maximum Gasteiger partial charge on any atom is 0.323 e. The van der Waals surface area contributed by atoms with Gasteiger partial charge in [0.1, 0.15) is 11.6 Å². The van der Waals surface area contributed by atoms with Crippen LogP contribution in [-0.2, 0) is 19.9 Å². The van der Waals surface area contributed by atoms with Crippen LogP contribution in [0.25, 0.3) is 0 Å². The number of hydrogen-bond donors (Lipinski definition) is 2. The molecule has 1 atom stereocenters. The number of benzene rings is 3. The number of esters is 1. The summed E-state index contributed by atoms with van der Waals surface area (Å²) in [5, 5.41) is 3.16. The zero-order valence-electron chi connectivity index (χ0n) is 16.2. The molecule has 1 amide bonds. The van der Waals surface area contributed by atoms with E-state index in [-0.39, 0.29) is 12.3 Å². The fourth-order valence-corrected chi connectivity index (χ4v) is 3.48. The van der Waals surface area contributed by atoms with Crippen LogP contribution in [0.3, 0.4) is 0 Å². The maximum atomic E-state index is 13.0. The van der Waals surface area contributed by atoms with E-state index in [1.807, 2.05) is 91.0 Å². The highest BCUT2D eigenvalue weighted by molar-refractivity contribution is 5.86. The largest absolute Gasteiger partial charge is 0.468 e. The molecular formula is C24H24N2O3. The van der Waals surface area contributed by atoms with E-state index in [4.69, 9.17) is 5.73 Å². The van der Waals surface area contributed by atoms with Crippen LogP contribution in [0.4, 0.5) is 0 Å². The van der Waals surface area contributed by atoms with Crippen molar-refractivity contribution >= 4 is 11.9 Å². The molecule has 0 spiro atoms. The van der Waals surface area contributed by atoms with E-state index in [0.717, 1.165) is 16.7 Å². The lowest BCUT2D eigenvalue weighted by Crippen LogP contribution is -2.49. The minimum Gasteiger partial charge on any atom is -0.468 e. The van der Waals surface area contributed by atoms with Gasteiger partial charge >= 0.3 is 5.97 Å². The molecule has 0 aliphatic carbocycles. The van der Waals surface area contributed by atoms with Crippen molar-refractivity contribution in [3.05, 3.63) is 108 Å². The number of methoxy groups -OCH3 is 1. The highest BCUT2D eigenvalue weighted by Crippen LogP contribution is 2.36. The van der Waals surface area contributed by atoms with Gasteiger partial charge in [-0.05, 0) is 16.7 Å². The minimum absolute atomic E-state index is 0.180. The van der Waals surface area contributed by atoms with Crippen molar-refractivity contribution in [3.8, 4) is 0 Å². The molecule has 29 heavy (non-hydrogen) atoms. The van der Waals surface area contributed by atoms with Gasteiger partial charge in [-0.3, -0.25) is 9.59 Å². The Kier molecular flexibility index (Phi) is 6.42. The number of nitrogens with one attached hydrogen (secondary N) is 1. The molecule has 5 heteroatoms. The maximum absolute atomic E-state index is 13.0. The third-order valence-electron chi connectivity index (χ3n) is 4.86. The van der Waals surface area contributed by atoms with Crippen molar-refractivity contribution in [1.29, 1.82) is 0 Å². The normalized spacial score (nSPS) is 12.1. The Labute approximate surface area is 170 Å². The van der Waals surface area contributed by atoms with Gasteiger partial charge in [0.2, 0.25) is 5.91 Å². The van der Waals surface area contributed by atoms with Gasteiger partial charge in [0.05, 0.1) is 13.5 Å². The molecule has 0 heterocycles. The van der Waals surface area contributed by atoms with E-state index in [0.29, 0.717) is 0 Å². The molecule has 0 saturated carbocycles. The lowest BCUT2D eigenvalue weighted by molar-refractivity contribution is -0.143. The molecule has 0 radical (unpaired) electrons. The predicted octanol–water partition coefficient (Wildman–Crippen LogP) is 2.99. The van der Waals surface area contributed by atoms with Gasteiger partial charge in [-0.25, -0.2) is 0 Å². The topological polar surface area (TPSA) is 81.4 Å². The van der Waals surface area contributed by atoms with Crippen LogP contribution in [0.15, 0.2) is 91.0 Å². The summed E-state index contributed by atoms with van der Waals surface area (Å²) in [6.07, 6.45) is -0.180. The summed E-state index contributed by atoms with van der Waals surface area (Å²) in [7, 11) is 1.25. The first kappa shape index (κ1) is 20.3. The first-order valence-electron chi connectivity index (χ1n) is 9.39. The molecule has 3 aromatic rings. The van der Waals surface area contributed by atoms with Crippen molar-refractivity contribution in [2.75, 3.05) is 7.11 Å². The Bertz CT molecular complexity index is 847. The number of ether oxygens (including phenoxy) is 1. The third-order valence-corrected chi connectivity index (χ3v) is 4.86. The summed E-state index contributed by atoms with van der Waals surface area (Å²) in [4.78, 5) is 24.7. The number of amides is 1. The van der Waals surface area contributed by atoms with Crippen molar-refractivity contribution in [2.24, 2.45) is 5.73 Å². The molecule has 0 aliphatic rings. The van der Waals surface area contributed by atoms with E-state index >= 15 is 0 Å². The van der Waals surface area contributed by atoms with Gasteiger partial charge in [-0.1, -0.05) is 91.0 Å². The van der Waals surface area contributed by atoms with Crippen molar-refractivity contribution in [1.82, 2.24) is 5.32 Å². The van der Waals surface area contributed by atoms with Gasteiger partial charge in [-0.2, -0.15) is 0 Å². The molecule has 0 aromatic heterocycles. The smallest absolute Gasteiger partial charge is 0.323 e. The van der Waals surface area contributed by atoms with Gasteiger partial charge in [0, 0.05) is 0 Å². The summed E-state index contributed by atoms with van der Waals surface area (Å²) in [6, 6.07) is 28.2. The van der Waals surface area contributed by atoms with Crippen molar-refractivity contribution < 1.29 is 14.3 Å². The molecular weight excluding hydrogens is 364 g/mol. The molecule has 0 aliphatic heterocycles. The molecule has 3 rings (SSSR count). The predicted molar refractivity (Wildman–Crippen MR) is 112 cm³/mol. The first-order valence-corrected chi connectivity index (χ1v) is 9.39. The zero-order valence-corrected chi connectivity index (χ0v) is 16.2. The lowest BCUT2D eigenvalue weighted by Gasteiger charge is -2.37. The SMILES string of the molecule is COC(=O)[C@H](N)CC(=O)NC(c1ccccc1)(c1ccccc1)c1ccccc1. The van der Waals surface area contributed by atoms with Crippen LogP contribution < -0.4 is 11.1 Å². The van der Waals surface area contributed by atoms with Crippen LogP contribution >= 0.6 is 0 Å². The standard InChI is InChI=1S/C24H24N2O3/c1-29-23(28)21(25)17-22(27)26-24(18-11-5-2-6-12-18,19-13-7-3-8-14-19)20-15-9-4-10-16-20/h2-16,21H,17,25H2,1H3,(H,26,27)/t21-/m1/s1. The summed E-state index contributed by atoms with van der Waals surface area (Å²) >= 11 is 0. The van der Waals surface area contributed by atoms with Gasteiger partial charge in [0.15, 0.2) is 0 Å². The molecule has 148 valence electrons. The van der Waals surface area contributed by atoms with Crippen molar-refractivity contribution in [2.45, 2.75) is 18.0 Å². The number of carbonyl (C=O) groups is 2. The minimum atomic E-state index is -1.03. The number of hydrogen-bond acceptors (Lipinski definition) is 4. The van der Waals surface area contributed by atoms with Gasteiger partial charge in [0.25, 0.3) is 0 Å². The number of carbonyl (C=O) groups excluding carboxylic acids is 2. The Morgan fingerprint density at radius 1 is 0.828 bits per heavy atom. The lowest BCUT2D eigenvalue weighted by atomic mass is 9.77. The van der Waals surface area contributed by atoms with E-state index in [2.05, 4.69) is 10.1 Å². The second kappa shape index (κ2) is 9.17. The van der Waals surface area contributed by atoms with Gasteiger partial charge in [-0.15, -0.1) is 0 Å². The summed E-state index contributed by atoms with van der Waals surface area (Å²) < 4.78 is 4.65. The van der Waals surface area contributed by atoms with Crippen molar-refractivity contribution in [3.63, 3.8) is 0 Å². The Morgan fingerprint density at radius 2 is 1.21 bits per heavy atom. The highest BCUT2D eigenvalue weighted by Gasteiger charge is 2.38. The average Bonchev–Trinajstić information content (AvgIpc) is 2.78. The van der Waals surface area contributed by atoms with Crippen LogP contribution in [0, 0.1) is 0 Å². The third kappa shape index (κ3) is 4.36. The van der Waals surface area contributed by atoms with Gasteiger partial charge < -0.3 is 15.8 Å². The fourth-order valence-electron chi connectivity index (χ4n) is 3.48. The Hall–Kier alpha value is -3.44. The molecule has 0 saturated heterocycles. The van der Waals surface area contributed by atoms with Crippen LogP contribution in [0.2, 0.25) is 0 Å². The summed E-state index contributed by atoms with van der Waals surface area (Å²) in [6.45, 7) is 0. The Balaban J connectivity index is 2.12. The number of nitrogens with two attached hydrogens (primary N) is 1. The highest BCUT2D eigenvalue weighted by atomic mass is 16.5. The second-order valence-corrected chi connectivity index (χ2v) is 6.73. The molecule has 0 bridgehead atoms. The van der Waals surface area contributed by atoms with E-state index in [9.17, 15) is 9.59 Å². The summed E-state index contributed by atoms with van der Waals surface area (Å²) in [5.74, 6) is -0.968. The van der Waals surface area contributed by atoms with Crippen LogP contribution in [0.5, 0.6) is 0 Å². The zero-order chi connectivity index (χ0) is 20.7. The number of rotatable bonds is 7.